The van der Waals surface area contributed by atoms with Crippen LogP contribution in [0.2, 0.25) is 0 Å². The van der Waals surface area contributed by atoms with E-state index in [9.17, 15) is 0 Å². The van der Waals surface area contributed by atoms with Gasteiger partial charge in [0, 0.05) is 29.4 Å². The molecule has 0 aromatic carbocycles. The molecule has 1 aliphatic rings. The van der Waals surface area contributed by atoms with Crippen molar-refractivity contribution in [1.82, 2.24) is 10.2 Å². The molecular weight excluding hydrogens is 216 g/mol. The van der Waals surface area contributed by atoms with Gasteiger partial charge >= 0.3 is 0 Å². The number of hydrogen-bond donors (Lipinski definition) is 1. The molecule has 0 saturated heterocycles. The van der Waals surface area contributed by atoms with Gasteiger partial charge in [-0.2, -0.15) is 0 Å². The third-order valence-corrected chi connectivity index (χ3v) is 4.36. The number of nitrogens with one attached hydrogen (secondary N) is 1. The second-order valence-corrected chi connectivity index (χ2v) is 6.14. The lowest BCUT2D eigenvalue weighted by Gasteiger charge is -2.29. The van der Waals surface area contributed by atoms with Gasteiger partial charge < -0.3 is 10.2 Å². The fourth-order valence-electron chi connectivity index (χ4n) is 2.22. The number of hydrogen-bond acceptors (Lipinski definition) is 3. The molecule has 1 aromatic heterocycles. The Morgan fingerprint density at radius 3 is 2.75 bits per heavy atom. The first-order valence-corrected chi connectivity index (χ1v) is 7.00. The Hall–Kier alpha value is -0.380. The maximum absolute atomic E-state index is 3.20. The third-order valence-electron chi connectivity index (χ3n) is 3.29. The Morgan fingerprint density at radius 1 is 1.38 bits per heavy atom. The molecule has 1 saturated carbocycles. The van der Waals surface area contributed by atoms with E-state index in [1.54, 1.807) is 0 Å². The summed E-state index contributed by atoms with van der Waals surface area (Å²) < 4.78 is 0. The zero-order valence-corrected chi connectivity index (χ0v) is 11.1. The van der Waals surface area contributed by atoms with E-state index in [4.69, 9.17) is 0 Å². The molecule has 1 N–H and O–H groups in total. The highest BCUT2D eigenvalue weighted by atomic mass is 32.1. The molecule has 1 heterocycles. The lowest BCUT2D eigenvalue weighted by Crippen LogP contribution is -2.28. The first-order valence-electron chi connectivity index (χ1n) is 6.18. The van der Waals surface area contributed by atoms with E-state index in [0.717, 1.165) is 19.0 Å². The van der Waals surface area contributed by atoms with Gasteiger partial charge in [0.05, 0.1) is 0 Å². The fraction of sp³-hybridized carbons (Fsp3) is 0.692. The second-order valence-electron chi connectivity index (χ2n) is 4.89. The van der Waals surface area contributed by atoms with Crippen LogP contribution in [0, 0.1) is 5.92 Å². The smallest absolute Gasteiger partial charge is 0.0325 e. The second kappa shape index (κ2) is 5.80. The van der Waals surface area contributed by atoms with E-state index in [1.807, 2.05) is 18.4 Å². The zero-order chi connectivity index (χ0) is 11.4. The van der Waals surface area contributed by atoms with E-state index in [1.165, 1.54) is 35.6 Å². The highest BCUT2D eigenvalue weighted by molar-refractivity contribution is 7.11. The van der Waals surface area contributed by atoms with Gasteiger partial charge in [0.25, 0.3) is 0 Å². The van der Waals surface area contributed by atoms with Crippen molar-refractivity contribution in [2.45, 2.75) is 32.4 Å². The summed E-state index contributed by atoms with van der Waals surface area (Å²) in [6.45, 7) is 3.39. The average molecular weight is 238 g/mol. The maximum atomic E-state index is 3.20. The van der Waals surface area contributed by atoms with E-state index in [-0.39, 0.29) is 0 Å². The van der Waals surface area contributed by atoms with Crippen LogP contribution in [0.4, 0.5) is 0 Å². The molecule has 0 unspecified atom stereocenters. The highest BCUT2D eigenvalue weighted by Crippen LogP contribution is 2.27. The predicted octanol–water partition coefficient (Wildman–Crippen LogP) is 2.70. The normalized spacial score (nSPS) is 16.7. The minimum absolute atomic E-state index is 0.974. The molecule has 90 valence electrons. The molecule has 1 fully saturated rings. The van der Waals surface area contributed by atoms with Crippen molar-refractivity contribution >= 4 is 11.3 Å². The monoisotopic (exact) mass is 238 g/mol. The van der Waals surface area contributed by atoms with Crippen molar-refractivity contribution in [3.63, 3.8) is 0 Å². The summed E-state index contributed by atoms with van der Waals surface area (Å²) in [6, 6.07) is 4.52. The molecule has 2 rings (SSSR count). The number of rotatable bonds is 6. The van der Waals surface area contributed by atoms with Crippen molar-refractivity contribution in [1.29, 1.82) is 0 Å². The van der Waals surface area contributed by atoms with Crippen molar-refractivity contribution in [3.05, 3.63) is 21.9 Å². The van der Waals surface area contributed by atoms with Gasteiger partial charge in [0.1, 0.15) is 0 Å². The zero-order valence-electron chi connectivity index (χ0n) is 10.3. The highest BCUT2D eigenvalue weighted by Gasteiger charge is 2.19. The largest absolute Gasteiger partial charge is 0.315 e. The van der Waals surface area contributed by atoms with Crippen molar-refractivity contribution in [3.8, 4) is 0 Å². The van der Waals surface area contributed by atoms with Gasteiger partial charge in [0.15, 0.2) is 0 Å². The molecule has 0 bridgehead atoms. The molecule has 2 nitrogen and oxygen atoms in total. The minimum Gasteiger partial charge on any atom is -0.315 e. The first kappa shape index (κ1) is 12.1. The van der Waals surface area contributed by atoms with Crippen LogP contribution < -0.4 is 5.32 Å². The topological polar surface area (TPSA) is 15.3 Å². The van der Waals surface area contributed by atoms with Crippen LogP contribution in [0.3, 0.4) is 0 Å². The Morgan fingerprint density at radius 2 is 2.12 bits per heavy atom. The van der Waals surface area contributed by atoms with Gasteiger partial charge in [-0.3, -0.25) is 0 Å². The predicted molar refractivity (Wildman–Crippen MR) is 70.8 cm³/mol. The Labute approximate surface area is 103 Å². The van der Waals surface area contributed by atoms with Crippen LogP contribution in [-0.4, -0.2) is 25.5 Å². The van der Waals surface area contributed by atoms with Crippen LogP contribution in [0.15, 0.2) is 12.1 Å². The lowest BCUT2D eigenvalue weighted by atomic mass is 9.85. The summed E-state index contributed by atoms with van der Waals surface area (Å²) in [5.41, 5.74) is 0. The standard InChI is InChI=1S/C13H22N2S/c1-14-8-12-6-7-13(16-12)10-15(2)9-11-4-3-5-11/h6-7,11,14H,3-5,8-10H2,1-2H3. The lowest BCUT2D eigenvalue weighted by molar-refractivity contribution is 0.201. The van der Waals surface area contributed by atoms with E-state index in [0.29, 0.717) is 0 Å². The molecule has 0 aliphatic heterocycles. The van der Waals surface area contributed by atoms with Gasteiger partial charge in [-0.05, 0) is 45.0 Å². The molecule has 16 heavy (non-hydrogen) atoms. The molecule has 1 aliphatic carbocycles. The number of thiophene rings is 1. The van der Waals surface area contributed by atoms with Crippen molar-refractivity contribution < 1.29 is 0 Å². The molecule has 0 spiro atoms. The van der Waals surface area contributed by atoms with E-state index in [2.05, 4.69) is 29.4 Å². The van der Waals surface area contributed by atoms with Crippen molar-refractivity contribution in [2.24, 2.45) is 5.92 Å². The Kier molecular flexibility index (Phi) is 4.38. The molecular formula is C13H22N2S. The quantitative estimate of drug-likeness (QED) is 0.820. The average Bonchev–Trinajstić information content (AvgIpc) is 2.60. The van der Waals surface area contributed by atoms with Crippen LogP contribution in [0.1, 0.15) is 29.0 Å². The van der Waals surface area contributed by atoms with Gasteiger partial charge in [-0.15, -0.1) is 11.3 Å². The summed E-state index contributed by atoms with van der Waals surface area (Å²) in [5.74, 6) is 0.974. The van der Waals surface area contributed by atoms with Gasteiger partial charge in [0.2, 0.25) is 0 Å². The molecule has 0 atom stereocenters. The molecule has 3 heteroatoms. The van der Waals surface area contributed by atoms with Crippen LogP contribution in [0.25, 0.3) is 0 Å². The summed E-state index contributed by atoms with van der Waals surface area (Å²) >= 11 is 1.93. The van der Waals surface area contributed by atoms with E-state index >= 15 is 0 Å². The molecule has 0 radical (unpaired) electrons. The fourth-order valence-corrected chi connectivity index (χ4v) is 3.33. The van der Waals surface area contributed by atoms with E-state index < -0.39 is 0 Å². The molecule has 1 aromatic rings. The van der Waals surface area contributed by atoms with Gasteiger partial charge in [-0.25, -0.2) is 0 Å². The van der Waals surface area contributed by atoms with Crippen LogP contribution in [-0.2, 0) is 13.1 Å². The number of nitrogens with zero attached hydrogens (tertiary/aromatic N) is 1. The summed E-state index contributed by atoms with van der Waals surface area (Å²) in [5, 5.41) is 3.20. The third kappa shape index (κ3) is 3.30. The van der Waals surface area contributed by atoms with Gasteiger partial charge in [-0.1, -0.05) is 6.42 Å². The summed E-state index contributed by atoms with van der Waals surface area (Å²) in [7, 11) is 4.25. The maximum Gasteiger partial charge on any atom is 0.0325 e. The van der Waals surface area contributed by atoms with Crippen LogP contribution in [0.5, 0.6) is 0 Å². The first-order chi connectivity index (χ1) is 7.78. The van der Waals surface area contributed by atoms with Crippen LogP contribution >= 0.6 is 11.3 Å². The summed E-state index contributed by atoms with van der Waals surface area (Å²) in [4.78, 5) is 5.40. The minimum atomic E-state index is 0.974. The van der Waals surface area contributed by atoms with Crippen molar-refractivity contribution in [2.75, 3.05) is 20.6 Å². The summed E-state index contributed by atoms with van der Waals surface area (Å²) in [6.07, 6.45) is 4.34. The Balaban J connectivity index is 1.77. The SMILES string of the molecule is CNCc1ccc(CN(C)CC2CCC2)s1. The molecule has 0 amide bonds. The Bertz CT molecular complexity index is 317.